The summed E-state index contributed by atoms with van der Waals surface area (Å²) >= 11 is 0. The lowest BCUT2D eigenvalue weighted by Crippen LogP contribution is -2.42. The molecule has 3 heterocycles. The molecule has 1 atom stereocenters. The van der Waals surface area contributed by atoms with Gasteiger partial charge in [0.15, 0.2) is 5.65 Å². The molecule has 6 nitrogen and oxygen atoms in total. The topological polar surface area (TPSA) is 64.3 Å². The Balaban J connectivity index is 1.83. The molecule has 1 aliphatic rings. The summed E-state index contributed by atoms with van der Waals surface area (Å²) in [5.74, 6) is 0.945. The zero-order valence-corrected chi connectivity index (χ0v) is 8.83. The van der Waals surface area contributed by atoms with Crippen LogP contribution in [0.5, 0.6) is 0 Å². The number of fused-ring (bicyclic) bond motifs is 1. The summed E-state index contributed by atoms with van der Waals surface area (Å²) < 4.78 is 7.37. The molecule has 2 aromatic rings. The van der Waals surface area contributed by atoms with Crippen molar-refractivity contribution in [1.82, 2.24) is 24.9 Å². The summed E-state index contributed by atoms with van der Waals surface area (Å²) in [6.07, 6.45) is 6.16. The smallest absolute Gasteiger partial charge is 0.179 e. The first-order valence-corrected chi connectivity index (χ1v) is 5.38. The van der Waals surface area contributed by atoms with Gasteiger partial charge in [0.05, 0.1) is 19.4 Å². The van der Waals surface area contributed by atoms with Gasteiger partial charge in [-0.3, -0.25) is 9.38 Å². The molecule has 0 saturated carbocycles. The van der Waals surface area contributed by atoms with Crippen molar-refractivity contribution in [3.05, 3.63) is 24.4 Å². The van der Waals surface area contributed by atoms with E-state index >= 15 is 0 Å². The van der Waals surface area contributed by atoms with Crippen LogP contribution in [-0.2, 0) is 11.2 Å². The standard InChI is InChI=1S/C10H13N5O/c1-3-15-9(13-14-10(15)6-11-1)5-8-7-16-4-2-12-8/h1,3,6,8,12H,2,4-5,7H2. The van der Waals surface area contributed by atoms with Crippen molar-refractivity contribution >= 4 is 5.65 Å². The van der Waals surface area contributed by atoms with Crippen LogP contribution in [0.25, 0.3) is 5.65 Å². The normalized spacial score (nSPS) is 21.4. The van der Waals surface area contributed by atoms with Crippen LogP contribution in [0.2, 0.25) is 0 Å². The maximum Gasteiger partial charge on any atom is 0.179 e. The van der Waals surface area contributed by atoms with Crippen LogP contribution in [0.3, 0.4) is 0 Å². The highest BCUT2D eigenvalue weighted by molar-refractivity contribution is 5.33. The van der Waals surface area contributed by atoms with E-state index < -0.39 is 0 Å². The summed E-state index contributed by atoms with van der Waals surface area (Å²) in [4.78, 5) is 4.01. The van der Waals surface area contributed by atoms with E-state index in [-0.39, 0.29) is 0 Å². The molecule has 1 aliphatic heterocycles. The average Bonchev–Trinajstić information content (AvgIpc) is 2.74. The first-order valence-electron chi connectivity index (χ1n) is 5.38. The Labute approximate surface area is 92.7 Å². The number of hydrogen-bond acceptors (Lipinski definition) is 5. The number of nitrogens with one attached hydrogen (secondary N) is 1. The summed E-state index contributed by atoms with van der Waals surface area (Å²) in [7, 11) is 0. The van der Waals surface area contributed by atoms with Crippen LogP contribution in [0.1, 0.15) is 5.82 Å². The van der Waals surface area contributed by atoms with E-state index in [1.54, 1.807) is 12.4 Å². The highest BCUT2D eigenvalue weighted by atomic mass is 16.5. The van der Waals surface area contributed by atoms with Crippen molar-refractivity contribution in [3.63, 3.8) is 0 Å². The molecule has 1 fully saturated rings. The molecule has 0 bridgehead atoms. The van der Waals surface area contributed by atoms with Crippen LogP contribution in [0, 0.1) is 0 Å². The molecule has 0 aromatic carbocycles. The Morgan fingerprint density at radius 2 is 2.50 bits per heavy atom. The number of nitrogens with zero attached hydrogens (tertiary/aromatic N) is 4. The largest absolute Gasteiger partial charge is 0.379 e. The minimum absolute atomic E-state index is 0.328. The van der Waals surface area contributed by atoms with Gasteiger partial charge in [-0.15, -0.1) is 10.2 Å². The Bertz CT molecular complexity index is 477. The molecule has 0 radical (unpaired) electrons. The van der Waals surface area contributed by atoms with E-state index in [0.29, 0.717) is 6.04 Å². The molecule has 1 saturated heterocycles. The van der Waals surface area contributed by atoms with Gasteiger partial charge < -0.3 is 10.1 Å². The van der Waals surface area contributed by atoms with E-state index in [0.717, 1.165) is 37.7 Å². The monoisotopic (exact) mass is 219 g/mol. The molecule has 0 aliphatic carbocycles. The van der Waals surface area contributed by atoms with E-state index in [1.807, 2.05) is 10.6 Å². The quantitative estimate of drug-likeness (QED) is 0.748. The van der Waals surface area contributed by atoms with Crippen molar-refractivity contribution in [2.45, 2.75) is 12.5 Å². The Kier molecular flexibility index (Phi) is 2.51. The number of aromatic nitrogens is 4. The van der Waals surface area contributed by atoms with Crippen LogP contribution in [-0.4, -0.2) is 45.4 Å². The maximum atomic E-state index is 5.41. The van der Waals surface area contributed by atoms with Crippen molar-refractivity contribution in [1.29, 1.82) is 0 Å². The van der Waals surface area contributed by atoms with Gasteiger partial charge in [-0.05, 0) is 0 Å². The van der Waals surface area contributed by atoms with E-state index in [2.05, 4.69) is 20.5 Å². The van der Waals surface area contributed by atoms with Gasteiger partial charge >= 0.3 is 0 Å². The lowest BCUT2D eigenvalue weighted by Gasteiger charge is -2.22. The van der Waals surface area contributed by atoms with E-state index in [9.17, 15) is 0 Å². The fourth-order valence-corrected chi connectivity index (χ4v) is 1.91. The zero-order chi connectivity index (χ0) is 10.8. The third kappa shape index (κ3) is 1.77. The molecule has 6 heteroatoms. The van der Waals surface area contributed by atoms with Gasteiger partial charge in [0.25, 0.3) is 0 Å². The minimum Gasteiger partial charge on any atom is -0.379 e. The summed E-state index contributed by atoms with van der Waals surface area (Å²) in [5.41, 5.74) is 0.786. The van der Waals surface area contributed by atoms with Crippen LogP contribution in [0.15, 0.2) is 18.6 Å². The number of morpholine rings is 1. The Hall–Kier alpha value is -1.53. The third-order valence-corrected chi connectivity index (χ3v) is 2.71. The predicted molar refractivity (Wildman–Crippen MR) is 57.1 cm³/mol. The van der Waals surface area contributed by atoms with E-state index in [1.165, 1.54) is 0 Å². The number of hydrogen-bond donors (Lipinski definition) is 1. The van der Waals surface area contributed by atoms with Crippen molar-refractivity contribution in [2.24, 2.45) is 0 Å². The third-order valence-electron chi connectivity index (χ3n) is 2.71. The highest BCUT2D eigenvalue weighted by Crippen LogP contribution is 2.05. The first kappa shape index (κ1) is 9.68. The molecular formula is C10H13N5O. The van der Waals surface area contributed by atoms with Gasteiger partial charge in [0, 0.05) is 31.4 Å². The average molecular weight is 219 g/mol. The summed E-state index contributed by atoms with van der Waals surface area (Å²) in [6, 6.07) is 0.328. The highest BCUT2D eigenvalue weighted by Gasteiger charge is 2.16. The fourth-order valence-electron chi connectivity index (χ4n) is 1.91. The fraction of sp³-hybridized carbons (Fsp3) is 0.500. The number of ether oxygens (including phenoxy) is 1. The Morgan fingerprint density at radius 3 is 3.38 bits per heavy atom. The zero-order valence-electron chi connectivity index (χ0n) is 8.83. The molecule has 1 unspecified atom stereocenters. The molecule has 1 N–H and O–H groups in total. The SMILES string of the molecule is c1cn2c(CC3COCCN3)nnc2cn1. The summed E-state index contributed by atoms with van der Waals surface area (Å²) in [5, 5.41) is 11.6. The molecule has 84 valence electrons. The van der Waals surface area contributed by atoms with Crippen molar-refractivity contribution in [2.75, 3.05) is 19.8 Å². The second-order valence-corrected chi connectivity index (χ2v) is 3.85. The maximum absolute atomic E-state index is 5.41. The molecule has 0 spiro atoms. The molecule has 3 rings (SSSR count). The lowest BCUT2D eigenvalue weighted by molar-refractivity contribution is 0.0763. The van der Waals surface area contributed by atoms with Crippen LogP contribution < -0.4 is 5.32 Å². The minimum atomic E-state index is 0.328. The molecule has 0 amide bonds. The van der Waals surface area contributed by atoms with Gasteiger partial charge in [-0.2, -0.15) is 0 Å². The summed E-state index contributed by atoms with van der Waals surface area (Å²) in [6.45, 7) is 2.43. The van der Waals surface area contributed by atoms with Crippen LogP contribution >= 0.6 is 0 Å². The second-order valence-electron chi connectivity index (χ2n) is 3.85. The predicted octanol–water partition coefficient (Wildman–Crippen LogP) is -0.345. The lowest BCUT2D eigenvalue weighted by atomic mass is 10.2. The molecule has 2 aromatic heterocycles. The second kappa shape index (κ2) is 4.15. The van der Waals surface area contributed by atoms with Crippen LogP contribution in [0.4, 0.5) is 0 Å². The number of rotatable bonds is 2. The van der Waals surface area contributed by atoms with Crippen molar-refractivity contribution < 1.29 is 4.74 Å². The van der Waals surface area contributed by atoms with Gasteiger partial charge in [-0.25, -0.2) is 0 Å². The van der Waals surface area contributed by atoms with E-state index in [4.69, 9.17) is 4.74 Å². The van der Waals surface area contributed by atoms with Gasteiger partial charge in [0.2, 0.25) is 0 Å². The van der Waals surface area contributed by atoms with Gasteiger partial charge in [0.1, 0.15) is 5.82 Å². The first-order chi connectivity index (χ1) is 7.93. The van der Waals surface area contributed by atoms with Gasteiger partial charge in [-0.1, -0.05) is 0 Å². The Morgan fingerprint density at radius 1 is 1.50 bits per heavy atom. The molecular weight excluding hydrogens is 206 g/mol. The molecule has 16 heavy (non-hydrogen) atoms. The van der Waals surface area contributed by atoms with Crippen molar-refractivity contribution in [3.8, 4) is 0 Å².